The van der Waals surface area contributed by atoms with E-state index in [-0.39, 0.29) is 29.6 Å². The maximum atomic E-state index is 11.8. The van der Waals surface area contributed by atoms with Crippen molar-refractivity contribution in [2.24, 2.45) is 0 Å². The van der Waals surface area contributed by atoms with E-state index in [1.807, 2.05) is 20.8 Å². The highest BCUT2D eigenvalue weighted by Crippen LogP contribution is 2.24. The van der Waals surface area contributed by atoms with Crippen LogP contribution in [0.4, 0.5) is 10.6 Å². The van der Waals surface area contributed by atoms with Crippen LogP contribution in [0.1, 0.15) is 56.8 Å². The van der Waals surface area contributed by atoms with Crippen LogP contribution in [0, 0.1) is 0 Å². The van der Waals surface area contributed by atoms with Gasteiger partial charge in [0.25, 0.3) is 0 Å². The molecule has 0 aliphatic heterocycles. The van der Waals surface area contributed by atoms with E-state index in [1.54, 1.807) is 6.07 Å². The smallest absolute Gasteiger partial charge is 0.407 e. The Balaban J connectivity index is 1.85. The molecular formula is C18H27N3O5. The van der Waals surface area contributed by atoms with Crippen LogP contribution in [0.25, 0.3) is 0 Å². The van der Waals surface area contributed by atoms with Gasteiger partial charge in [0, 0.05) is 12.1 Å². The van der Waals surface area contributed by atoms with Crippen molar-refractivity contribution in [1.82, 2.24) is 10.3 Å². The molecule has 1 aliphatic carbocycles. The molecule has 8 nitrogen and oxygen atoms in total. The molecule has 0 aromatic carbocycles. The number of methoxy groups -OCH3 is 1. The molecule has 0 spiro atoms. The molecule has 8 heteroatoms. The summed E-state index contributed by atoms with van der Waals surface area (Å²) >= 11 is 0. The molecule has 1 aromatic heterocycles. The van der Waals surface area contributed by atoms with Gasteiger partial charge in [0.05, 0.1) is 7.11 Å². The van der Waals surface area contributed by atoms with Crippen LogP contribution in [0.15, 0.2) is 12.1 Å². The van der Waals surface area contributed by atoms with Gasteiger partial charge in [0.1, 0.15) is 17.0 Å². The summed E-state index contributed by atoms with van der Waals surface area (Å²) < 4.78 is 10.3. The fourth-order valence-electron chi connectivity index (χ4n) is 2.90. The molecule has 3 N–H and O–H groups in total. The van der Waals surface area contributed by atoms with Crippen LogP contribution in [-0.4, -0.2) is 46.9 Å². The topological polar surface area (TPSA) is 110 Å². The lowest BCUT2D eigenvalue weighted by molar-refractivity contribution is 0.0491. The minimum absolute atomic E-state index is 0.0309. The minimum atomic E-state index is -1.07. The summed E-state index contributed by atoms with van der Waals surface area (Å²) in [5.74, 6) is -0.409. The van der Waals surface area contributed by atoms with Crippen LogP contribution >= 0.6 is 0 Å². The summed E-state index contributed by atoms with van der Waals surface area (Å²) in [6, 6.07) is 3.42. The molecule has 1 heterocycles. The molecule has 0 radical (unpaired) electrons. The highest BCUT2D eigenvalue weighted by Gasteiger charge is 2.25. The molecule has 26 heavy (non-hydrogen) atoms. The van der Waals surface area contributed by atoms with Gasteiger partial charge in [-0.05, 0) is 58.6 Å². The number of carbonyl (C=O) groups excluding carboxylic acids is 1. The van der Waals surface area contributed by atoms with Gasteiger partial charge < -0.3 is 25.2 Å². The maximum Gasteiger partial charge on any atom is 0.407 e. The first kappa shape index (κ1) is 19.8. The lowest BCUT2D eigenvalue weighted by Gasteiger charge is -2.30. The minimum Gasteiger partial charge on any atom is -0.480 e. The third-order valence-corrected chi connectivity index (χ3v) is 4.08. The maximum absolute atomic E-state index is 11.8. The Morgan fingerprint density at radius 2 is 1.77 bits per heavy atom. The average molecular weight is 365 g/mol. The normalized spacial score (nSPS) is 20.2. The Morgan fingerprint density at radius 3 is 2.31 bits per heavy atom. The second-order valence-corrected chi connectivity index (χ2v) is 7.40. The second-order valence-electron chi connectivity index (χ2n) is 7.40. The van der Waals surface area contributed by atoms with E-state index in [4.69, 9.17) is 14.6 Å². The van der Waals surface area contributed by atoms with E-state index in [9.17, 15) is 9.59 Å². The summed E-state index contributed by atoms with van der Waals surface area (Å²) in [5, 5.41) is 15.3. The van der Waals surface area contributed by atoms with Crippen LogP contribution < -0.4 is 15.4 Å². The summed E-state index contributed by atoms with van der Waals surface area (Å²) in [4.78, 5) is 27.2. The van der Waals surface area contributed by atoms with Gasteiger partial charge in [0.2, 0.25) is 5.88 Å². The van der Waals surface area contributed by atoms with Gasteiger partial charge in [-0.15, -0.1) is 0 Å². The Bertz CT molecular complexity index is 649. The van der Waals surface area contributed by atoms with Crippen molar-refractivity contribution < 1.29 is 24.2 Å². The monoisotopic (exact) mass is 365 g/mol. The number of nitrogens with one attached hydrogen (secondary N) is 2. The zero-order valence-electron chi connectivity index (χ0n) is 15.7. The zero-order valence-corrected chi connectivity index (χ0v) is 15.7. The number of hydrogen-bond donors (Lipinski definition) is 3. The molecule has 0 atom stereocenters. The van der Waals surface area contributed by atoms with E-state index in [1.165, 1.54) is 13.2 Å². The van der Waals surface area contributed by atoms with E-state index in [0.717, 1.165) is 25.7 Å². The van der Waals surface area contributed by atoms with E-state index >= 15 is 0 Å². The lowest BCUT2D eigenvalue weighted by atomic mass is 9.91. The van der Waals surface area contributed by atoms with E-state index in [0.29, 0.717) is 5.82 Å². The van der Waals surface area contributed by atoms with Gasteiger partial charge in [-0.1, -0.05) is 0 Å². The summed E-state index contributed by atoms with van der Waals surface area (Å²) in [5.41, 5.74) is -0.473. The predicted octanol–water partition coefficient (Wildman–Crippen LogP) is 3.04. The summed E-state index contributed by atoms with van der Waals surface area (Å²) in [6.07, 6.45) is 3.02. The molecule has 1 aliphatic rings. The molecule has 1 saturated carbocycles. The van der Waals surface area contributed by atoms with Crippen molar-refractivity contribution >= 4 is 17.9 Å². The molecule has 0 saturated heterocycles. The molecule has 0 bridgehead atoms. The van der Waals surface area contributed by atoms with Crippen molar-refractivity contribution in [3.63, 3.8) is 0 Å². The molecule has 1 aromatic rings. The quantitative estimate of drug-likeness (QED) is 0.735. The highest BCUT2D eigenvalue weighted by atomic mass is 16.6. The number of anilines is 1. The Morgan fingerprint density at radius 1 is 1.15 bits per heavy atom. The van der Waals surface area contributed by atoms with Crippen molar-refractivity contribution in [1.29, 1.82) is 0 Å². The number of rotatable bonds is 5. The molecule has 0 unspecified atom stereocenters. The van der Waals surface area contributed by atoms with Crippen LogP contribution in [0.2, 0.25) is 0 Å². The van der Waals surface area contributed by atoms with Crippen LogP contribution in [-0.2, 0) is 4.74 Å². The van der Waals surface area contributed by atoms with Crippen molar-refractivity contribution in [3.05, 3.63) is 17.7 Å². The van der Waals surface area contributed by atoms with Crippen LogP contribution in [0.3, 0.4) is 0 Å². The molecule has 1 amide bonds. The first-order valence-electron chi connectivity index (χ1n) is 8.72. The number of amides is 1. The van der Waals surface area contributed by atoms with E-state index < -0.39 is 11.6 Å². The Hall–Kier alpha value is -2.51. The first-order chi connectivity index (χ1) is 12.2. The second kappa shape index (κ2) is 8.25. The van der Waals surface area contributed by atoms with Crippen molar-refractivity contribution in [2.45, 2.75) is 64.1 Å². The Labute approximate surface area is 153 Å². The third kappa shape index (κ3) is 5.79. The van der Waals surface area contributed by atoms with Gasteiger partial charge in [-0.25, -0.2) is 9.59 Å². The number of hydrogen-bond acceptors (Lipinski definition) is 6. The number of aromatic nitrogens is 1. The SMILES string of the molecule is COc1nc(NC2CCC(NC(=O)OC(C)(C)C)CC2)ccc1C(=O)O. The average Bonchev–Trinajstić information content (AvgIpc) is 2.54. The molecule has 2 rings (SSSR count). The molecule has 1 fully saturated rings. The number of nitrogens with zero attached hydrogens (tertiary/aromatic N) is 1. The van der Waals surface area contributed by atoms with Crippen molar-refractivity contribution in [3.8, 4) is 5.88 Å². The standard InChI is InChI=1S/C18H27N3O5/c1-18(2,3)26-17(24)20-12-7-5-11(6-8-12)19-14-10-9-13(16(22)23)15(21-14)25-4/h9-12H,5-8H2,1-4H3,(H,19,21)(H,20,24)(H,22,23). The largest absolute Gasteiger partial charge is 0.480 e. The van der Waals surface area contributed by atoms with Gasteiger partial charge in [-0.2, -0.15) is 4.98 Å². The number of alkyl carbamates (subject to hydrolysis) is 1. The third-order valence-electron chi connectivity index (χ3n) is 4.08. The van der Waals surface area contributed by atoms with Gasteiger partial charge in [0.15, 0.2) is 0 Å². The van der Waals surface area contributed by atoms with Gasteiger partial charge in [-0.3, -0.25) is 0 Å². The summed E-state index contributed by atoms with van der Waals surface area (Å²) in [6.45, 7) is 5.51. The highest BCUT2D eigenvalue weighted by molar-refractivity contribution is 5.90. The van der Waals surface area contributed by atoms with E-state index in [2.05, 4.69) is 15.6 Å². The number of ether oxygens (including phenoxy) is 2. The molecular weight excluding hydrogens is 338 g/mol. The Kier molecular flexibility index (Phi) is 6.28. The lowest BCUT2D eigenvalue weighted by Crippen LogP contribution is -2.42. The number of carboxylic acids is 1. The van der Waals surface area contributed by atoms with Gasteiger partial charge >= 0.3 is 12.1 Å². The summed E-state index contributed by atoms with van der Waals surface area (Å²) in [7, 11) is 1.39. The fourth-order valence-corrected chi connectivity index (χ4v) is 2.90. The fraction of sp³-hybridized carbons (Fsp3) is 0.611. The number of aromatic carboxylic acids is 1. The van der Waals surface area contributed by atoms with Crippen LogP contribution in [0.5, 0.6) is 5.88 Å². The van der Waals surface area contributed by atoms with Crippen molar-refractivity contribution in [2.75, 3.05) is 12.4 Å². The zero-order chi connectivity index (χ0) is 19.3. The number of pyridine rings is 1. The number of carbonyl (C=O) groups is 2. The number of carboxylic acid groups (broad SMARTS) is 1. The molecule has 144 valence electrons. The first-order valence-corrected chi connectivity index (χ1v) is 8.72. The predicted molar refractivity (Wildman–Crippen MR) is 96.8 cm³/mol.